The number of rotatable bonds is 1. The van der Waals surface area contributed by atoms with E-state index >= 15 is 0 Å². The lowest BCUT2D eigenvalue weighted by Gasteiger charge is -2.21. The Hall–Kier alpha value is -0.130. The van der Waals surface area contributed by atoms with Gasteiger partial charge in [-0.3, -0.25) is 4.79 Å². The molecule has 0 saturated carbocycles. The van der Waals surface area contributed by atoms with Crippen LogP contribution in [-0.2, 0) is 4.93 Å². The average Bonchev–Trinajstić information content (AvgIpc) is 2.56. The lowest BCUT2D eigenvalue weighted by Crippen LogP contribution is -2.26. The lowest BCUT2D eigenvalue weighted by molar-refractivity contribution is 0.147. The number of carbonyl (C=O) groups excluding carboxylic acids is 1. The monoisotopic (exact) mass is 297 g/mol. The van der Waals surface area contributed by atoms with E-state index in [-0.39, 0.29) is 21.8 Å². The highest BCUT2D eigenvalue weighted by atomic mass is 35.5. The zero-order valence-corrected chi connectivity index (χ0v) is 10.8. The maximum Gasteiger partial charge on any atom is 0.282 e. The minimum atomic E-state index is -1.39. The molecule has 2 N–H and O–H groups in total. The molecule has 0 radical (unpaired) electrons. The molecule has 1 unspecified atom stereocenters. The standard InChI is InChI=1S/C9H6Cl3NO2S/c10-5-2-1-4(6(11)7(5)12)9(15)3-13-8(14)16-9/h1-2,15H,3H2,(H,13,14). The summed E-state index contributed by atoms with van der Waals surface area (Å²) in [5, 5.41) is 13.1. The van der Waals surface area contributed by atoms with Crippen molar-refractivity contribution in [1.29, 1.82) is 0 Å². The van der Waals surface area contributed by atoms with Crippen molar-refractivity contribution in [3.63, 3.8) is 0 Å². The summed E-state index contributed by atoms with van der Waals surface area (Å²) in [6.45, 7) is 0.0914. The number of aliphatic hydroxyl groups is 1. The highest BCUT2D eigenvalue weighted by Crippen LogP contribution is 2.44. The van der Waals surface area contributed by atoms with Gasteiger partial charge in [-0.25, -0.2) is 0 Å². The van der Waals surface area contributed by atoms with Crippen molar-refractivity contribution in [1.82, 2.24) is 5.32 Å². The second-order valence-electron chi connectivity index (χ2n) is 3.25. The van der Waals surface area contributed by atoms with E-state index < -0.39 is 4.93 Å². The molecule has 2 rings (SSSR count). The molecule has 1 aliphatic heterocycles. The zero-order chi connectivity index (χ0) is 11.9. The van der Waals surface area contributed by atoms with E-state index in [0.717, 1.165) is 11.8 Å². The third-order valence-electron chi connectivity index (χ3n) is 2.19. The van der Waals surface area contributed by atoms with E-state index in [2.05, 4.69) is 5.32 Å². The predicted octanol–water partition coefficient (Wildman–Crippen LogP) is 3.25. The Morgan fingerprint density at radius 2 is 2.00 bits per heavy atom. The fourth-order valence-corrected chi connectivity index (χ4v) is 3.02. The third-order valence-corrected chi connectivity index (χ3v) is 4.52. The summed E-state index contributed by atoms with van der Waals surface area (Å²) in [6, 6.07) is 3.09. The minimum Gasteiger partial charge on any atom is -0.373 e. The molecule has 1 amide bonds. The zero-order valence-electron chi connectivity index (χ0n) is 7.76. The fraction of sp³-hybridized carbons (Fsp3) is 0.222. The molecule has 0 aliphatic carbocycles. The van der Waals surface area contributed by atoms with Crippen LogP contribution in [0.5, 0.6) is 0 Å². The molecule has 16 heavy (non-hydrogen) atoms. The predicted molar refractivity (Wildman–Crippen MR) is 66.4 cm³/mol. The summed E-state index contributed by atoms with van der Waals surface area (Å²) in [7, 11) is 0. The van der Waals surface area contributed by atoms with Gasteiger partial charge in [-0.1, -0.05) is 40.9 Å². The smallest absolute Gasteiger partial charge is 0.282 e. The largest absolute Gasteiger partial charge is 0.373 e. The quantitative estimate of drug-likeness (QED) is 0.783. The molecule has 1 atom stereocenters. The van der Waals surface area contributed by atoms with Crippen LogP contribution < -0.4 is 5.32 Å². The molecular formula is C9H6Cl3NO2S. The van der Waals surface area contributed by atoms with Gasteiger partial charge in [0.2, 0.25) is 0 Å². The molecule has 1 aromatic rings. The van der Waals surface area contributed by atoms with E-state index in [1.54, 1.807) is 6.07 Å². The number of thioether (sulfide) groups is 1. The molecule has 1 fully saturated rings. The highest BCUT2D eigenvalue weighted by molar-refractivity contribution is 8.14. The molecule has 1 saturated heterocycles. The minimum absolute atomic E-state index is 0.0914. The number of halogens is 3. The van der Waals surface area contributed by atoms with Crippen LogP contribution in [0, 0.1) is 0 Å². The van der Waals surface area contributed by atoms with Crippen LogP contribution in [-0.4, -0.2) is 16.9 Å². The normalized spacial score (nSPS) is 24.6. The Balaban J connectivity index is 2.49. The topological polar surface area (TPSA) is 49.3 Å². The van der Waals surface area contributed by atoms with Crippen molar-refractivity contribution in [2.75, 3.05) is 6.54 Å². The maximum absolute atomic E-state index is 11.1. The van der Waals surface area contributed by atoms with Crippen molar-refractivity contribution in [3.8, 4) is 0 Å². The van der Waals surface area contributed by atoms with Crippen LogP contribution in [0.1, 0.15) is 5.56 Å². The second-order valence-corrected chi connectivity index (χ2v) is 5.66. The summed E-state index contributed by atoms with van der Waals surface area (Å²) in [5.41, 5.74) is 0.381. The van der Waals surface area contributed by atoms with E-state index in [4.69, 9.17) is 34.8 Å². The highest BCUT2D eigenvalue weighted by Gasteiger charge is 2.41. The summed E-state index contributed by atoms with van der Waals surface area (Å²) < 4.78 is 0. The third kappa shape index (κ3) is 2.00. The van der Waals surface area contributed by atoms with Gasteiger partial charge < -0.3 is 10.4 Å². The Morgan fingerprint density at radius 1 is 1.31 bits per heavy atom. The lowest BCUT2D eigenvalue weighted by atomic mass is 10.1. The van der Waals surface area contributed by atoms with Gasteiger partial charge in [-0.15, -0.1) is 0 Å². The Labute approximate surface area is 111 Å². The molecule has 86 valence electrons. The van der Waals surface area contributed by atoms with Crippen molar-refractivity contribution in [2.24, 2.45) is 0 Å². The van der Waals surface area contributed by atoms with E-state index in [0.29, 0.717) is 10.6 Å². The van der Waals surface area contributed by atoms with E-state index in [9.17, 15) is 9.90 Å². The maximum atomic E-state index is 11.1. The first-order valence-corrected chi connectivity index (χ1v) is 6.22. The fourth-order valence-electron chi connectivity index (χ4n) is 1.40. The number of hydrogen-bond donors (Lipinski definition) is 2. The molecule has 1 aliphatic rings. The van der Waals surface area contributed by atoms with Crippen molar-refractivity contribution < 1.29 is 9.90 Å². The van der Waals surface area contributed by atoms with E-state index in [1.807, 2.05) is 0 Å². The molecule has 1 heterocycles. The Bertz CT molecular complexity index is 468. The molecule has 3 nitrogen and oxygen atoms in total. The number of carbonyl (C=O) groups is 1. The van der Waals surface area contributed by atoms with Gasteiger partial charge in [0.1, 0.15) is 0 Å². The molecule has 7 heteroatoms. The van der Waals surface area contributed by atoms with Crippen LogP contribution in [0.25, 0.3) is 0 Å². The molecule has 0 spiro atoms. The van der Waals surface area contributed by atoms with Crippen molar-refractivity contribution in [3.05, 3.63) is 32.8 Å². The van der Waals surface area contributed by atoms with Crippen molar-refractivity contribution in [2.45, 2.75) is 4.93 Å². The van der Waals surface area contributed by atoms with Gasteiger partial charge in [-0.2, -0.15) is 0 Å². The number of hydrogen-bond acceptors (Lipinski definition) is 3. The second kappa shape index (κ2) is 4.27. The molecule has 0 aromatic heterocycles. The van der Waals surface area contributed by atoms with Crippen LogP contribution in [0.2, 0.25) is 15.1 Å². The number of β-amino-alcohol motifs (C(OH)–C–C–N with tert-alkyl or cyclic N) is 1. The summed E-state index contributed by atoms with van der Waals surface area (Å²) in [4.78, 5) is 9.70. The van der Waals surface area contributed by atoms with Gasteiger partial charge in [0, 0.05) is 5.56 Å². The summed E-state index contributed by atoms with van der Waals surface area (Å²) in [5.74, 6) is 0. The summed E-state index contributed by atoms with van der Waals surface area (Å²) in [6.07, 6.45) is 0. The number of nitrogens with one attached hydrogen (secondary N) is 1. The average molecular weight is 299 g/mol. The van der Waals surface area contributed by atoms with Gasteiger partial charge in [0.25, 0.3) is 5.24 Å². The first-order valence-electron chi connectivity index (χ1n) is 4.27. The van der Waals surface area contributed by atoms with E-state index in [1.165, 1.54) is 6.07 Å². The Kier molecular flexibility index (Phi) is 3.29. The van der Waals surface area contributed by atoms with Gasteiger partial charge in [-0.05, 0) is 17.8 Å². The van der Waals surface area contributed by atoms with Crippen LogP contribution >= 0.6 is 46.6 Å². The van der Waals surface area contributed by atoms with Gasteiger partial charge in [0.15, 0.2) is 4.93 Å². The van der Waals surface area contributed by atoms with Gasteiger partial charge in [0.05, 0.1) is 21.6 Å². The summed E-state index contributed by atoms with van der Waals surface area (Å²) >= 11 is 18.4. The van der Waals surface area contributed by atoms with Crippen LogP contribution in [0.4, 0.5) is 4.79 Å². The first kappa shape index (κ1) is 12.3. The number of benzene rings is 1. The molecule has 0 bridgehead atoms. The van der Waals surface area contributed by atoms with Crippen LogP contribution in [0.3, 0.4) is 0 Å². The first-order chi connectivity index (χ1) is 7.44. The molecular weight excluding hydrogens is 293 g/mol. The SMILES string of the molecule is O=C1NCC(O)(c2ccc(Cl)c(Cl)c2Cl)S1. The van der Waals surface area contributed by atoms with Crippen molar-refractivity contribution >= 4 is 51.8 Å². The Morgan fingerprint density at radius 3 is 2.56 bits per heavy atom. The van der Waals surface area contributed by atoms with Gasteiger partial charge >= 0.3 is 0 Å². The van der Waals surface area contributed by atoms with Crippen LogP contribution in [0.15, 0.2) is 12.1 Å². The molecule has 1 aromatic carbocycles. The number of amides is 1.